The van der Waals surface area contributed by atoms with Crippen molar-refractivity contribution in [2.24, 2.45) is 0 Å². The van der Waals surface area contributed by atoms with E-state index >= 15 is 0 Å². The number of benzene rings is 2. The first kappa shape index (κ1) is 24.1. The highest BCUT2D eigenvalue weighted by Crippen LogP contribution is 2.23. The minimum atomic E-state index is -0.903. The highest BCUT2D eigenvalue weighted by molar-refractivity contribution is 6.01. The number of unbranched alkanes of at least 4 members (excludes halogenated alkanes) is 5. The van der Waals surface area contributed by atoms with Gasteiger partial charge in [-0.05, 0) is 41.8 Å². The van der Waals surface area contributed by atoms with Crippen LogP contribution in [0.25, 0.3) is 11.1 Å². The van der Waals surface area contributed by atoms with E-state index in [4.69, 9.17) is 9.84 Å². The van der Waals surface area contributed by atoms with Crippen LogP contribution in [-0.4, -0.2) is 29.5 Å². The summed E-state index contributed by atoms with van der Waals surface area (Å²) in [6, 6.07) is 14.9. The van der Waals surface area contributed by atoms with Gasteiger partial charge in [0, 0.05) is 12.8 Å². The summed E-state index contributed by atoms with van der Waals surface area (Å²) in [6.45, 7) is 2.99. The standard InChI is InChI=1S/C21H26O3.C4H5NO2/c1-2-3-4-5-6-7-16-24-20-14-12-18(13-15-20)17-8-10-19(11-9-17)21(22)23;6-3-1-2-4(7)5-3/h8-15H,2-7,16H2,1H3,(H,22,23);1-2H2,(H,5,6,7). The molecular formula is C25H31NO5. The van der Waals surface area contributed by atoms with Gasteiger partial charge in [-0.25, -0.2) is 4.79 Å². The van der Waals surface area contributed by atoms with E-state index in [9.17, 15) is 14.4 Å². The maximum Gasteiger partial charge on any atom is 0.335 e. The van der Waals surface area contributed by atoms with Gasteiger partial charge >= 0.3 is 5.97 Å². The molecule has 6 heteroatoms. The summed E-state index contributed by atoms with van der Waals surface area (Å²) in [6.07, 6.45) is 8.31. The van der Waals surface area contributed by atoms with Crippen LogP contribution >= 0.6 is 0 Å². The van der Waals surface area contributed by atoms with Gasteiger partial charge in [0.1, 0.15) is 5.75 Å². The first-order valence-electron chi connectivity index (χ1n) is 10.9. The normalized spacial score (nSPS) is 12.7. The lowest BCUT2D eigenvalue weighted by molar-refractivity contribution is -0.124. The molecule has 0 aromatic heterocycles. The number of hydrogen-bond donors (Lipinski definition) is 2. The van der Waals surface area contributed by atoms with E-state index in [1.54, 1.807) is 12.1 Å². The molecule has 1 fully saturated rings. The maximum atomic E-state index is 10.9. The van der Waals surface area contributed by atoms with E-state index in [1.807, 2.05) is 36.4 Å². The van der Waals surface area contributed by atoms with Gasteiger partial charge in [-0.3, -0.25) is 14.9 Å². The molecule has 1 heterocycles. The zero-order chi connectivity index (χ0) is 22.5. The fourth-order valence-corrected chi connectivity index (χ4v) is 3.13. The third-order valence-corrected chi connectivity index (χ3v) is 4.94. The van der Waals surface area contributed by atoms with Crippen LogP contribution in [0.4, 0.5) is 0 Å². The van der Waals surface area contributed by atoms with Gasteiger partial charge in [-0.2, -0.15) is 0 Å². The van der Waals surface area contributed by atoms with Crippen molar-refractivity contribution in [2.45, 2.75) is 58.3 Å². The fourth-order valence-electron chi connectivity index (χ4n) is 3.13. The lowest BCUT2D eigenvalue weighted by atomic mass is 10.0. The zero-order valence-corrected chi connectivity index (χ0v) is 18.1. The minimum Gasteiger partial charge on any atom is -0.494 e. The predicted molar refractivity (Wildman–Crippen MR) is 120 cm³/mol. The molecule has 2 amide bonds. The Morgan fingerprint density at radius 2 is 1.35 bits per heavy atom. The highest BCUT2D eigenvalue weighted by Gasteiger charge is 2.15. The Bertz CT molecular complexity index is 829. The number of imide groups is 1. The van der Waals surface area contributed by atoms with Crippen LogP contribution in [0.1, 0.15) is 68.6 Å². The van der Waals surface area contributed by atoms with Gasteiger partial charge in [0.2, 0.25) is 11.8 Å². The first-order chi connectivity index (χ1) is 15.0. The summed E-state index contributed by atoms with van der Waals surface area (Å²) in [5.74, 6) is -0.315. The SMILES string of the molecule is CCCCCCCCOc1ccc(-c2ccc(C(=O)O)cc2)cc1.O=C1CCC(=O)N1. The number of rotatable bonds is 10. The van der Waals surface area contributed by atoms with Gasteiger partial charge in [-0.15, -0.1) is 0 Å². The summed E-state index contributed by atoms with van der Waals surface area (Å²) < 4.78 is 5.78. The highest BCUT2D eigenvalue weighted by atomic mass is 16.5. The molecule has 0 bridgehead atoms. The number of hydrogen-bond acceptors (Lipinski definition) is 4. The van der Waals surface area contributed by atoms with Gasteiger partial charge in [0.25, 0.3) is 0 Å². The lowest BCUT2D eigenvalue weighted by Gasteiger charge is -2.08. The van der Waals surface area contributed by atoms with Crippen molar-refractivity contribution < 1.29 is 24.2 Å². The molecule has 2 N–H and O–H groups in total. The molecule has 0 saturated carbocycles. The molecule has 31 heavy (non-hydrogen) atoms. The molecule has 0 aliphatic carbocycles. The molecule has 0 spiro atoms. The van der Waals surface area contributed by atoms with Gasteiger partial charge < -0.3 is 9.84 Å². The van der Waals surface area contributed by atoms with E-state index in [1.165, 1.54) is 32.1 Å². The van der Waals surface area contributed by atoms with Crippen LogP contribution in [0.5, 0.6) is 5.75 Å². The van der Waals surface area contributed by atoms with Crippen LogP contribution in [0.15, 0.2) is 48.5 Å². The Hall–Kier alpha value is -3.15. The molecule has 2 aromatic rings. The summed E-state index contributed by atoms with van der Waals surface area (Å²) >= 11 is 0. The van der Waals surface area contributed by atoms with Crippen LogP contribution in [0.2, 0.25) is 0 Å². The lowest BCUT2D eigenvalue weighted by Crippen LogP contribution is -2.18. The summed E-state index contributed by atoms with van der Waals surface area (Å²) in [4.78, 5) is 31.1. The molecular weight excluding hydrogens is 394 g/mol. The largest absolute Gasteiger partial charge is 0.494 e. The monoisotopic (exact) mass is 425 g/mol. The number of carboxylic acid groups (broad SMARTS) is 1. The Morgan fingerprint density at radius 1 is 0.839 bits per heavy atom. The summed E-state index contributed by atoms with van der Waals surface area (Å²) in [5, 5.41) is 11.1. The van der Waals surface area contributed by atoms with Crippen molar-refractivity contribution in [3.8, 4) is 16.9 Å². The quantitative estimate of drug-likeness (QED) is 0.402. The Labute approximate surface area is 183 Å². The number of carboxylic acids is 1. The van der Waals surface area contributed by atoms with Gasteiger partial charge in [0.05, 0.1) is 12.2 Å². The number of aromatic carboxylic acids is 1. The van der Waals surface area contributed by atoms with Crippen molar-refractivity contribution in [3.63, 3.8) is 0 Å². The predicted octanol–water partition coefficient (Wildman–Crippen LogP) is 5.21. The van der Waals surface area contributed by atoms with Crippen molar-refractivity contribution >= 4 is 17.8 Å². The molecule has 0 unspecified atom stereocenters. The Morgan fingerprint density at radius 3 is 1.84 bits per heavy atom. The van der Waals surface area contributed by atoms with E-state index in [0.717, 1.165) is 29.9 Å². The smallest absolute Gasteiger partial charge is 0.335 e. The average molecular weight is 426 g/mol. The van der Waals surface area contributed by atoms with E-state index in [2.05, 4.69) is 12.2 Å². The second-order valence-electron chi connectivity index (χ2n) is 7.49. The van der Waals surface area contributed by atoms with Crippen molar-refractivity contribution in [1.29, 1.82) is 0 Å². The summed E-state index contributed by atoms with van der Waals surface area (Å²) in [5.41, 5.74) is 2.36. The Kier molecular flexibility index (Phi) is 10.3. The number of carbonyl (C=O) groups is 3. The molecule has 0 atom stereocenters. The van der Waals surface area contributed by atoms with E-state index in [-0.39, 0.29) is 11.8 Å². The molecule has 0 radical (unpaired) electrons. The third-order valence-electron chi connectivity index (χ3n) is 4.94. The van der Waals surface area contributed by atoms with E-state index < -0.39 is 5.97 Å². The molecule has 3 rings (SSSR count). The number of ether oxygens (including phenoxy) is 1. The number of nitrogens with one attached hydrogen (secondary N) is 1. The average Bonchev–Trinajstić information content (AvgIpc) is 3.16. The fraction of sp³-hybridized carbons (Fsp3) is 0.400. The maximum absolute atomic E-state index is 10.9. The number of amides is 2. The van der Waals surface area contributed by atoms with Crippen LogP contribution in [0, 0.1) is 0 Å². The third kappa shape index (κ3) is 9.03. The Balaban J connectivity index is 0.000000412. The molecule has 2 aromatic carbocycles. The van der Waals surface area contributed by atoms with E-state index in [0.29, 0.717) is 18.4 Å². The molecule has 1 aliphatic rings. The molecule has 166 valence electrons. The minimum absolute atomic E-state index is 0.148. The molecule has 1 aliphatic heterocycles. The molecule has 6 nitrogen and oxygen atoms in total. The summed E-state index contributed by atoms with van der Waals surface area (Å²) in [7, 11) is 0. The zero-order valence-electron chi connectivity index (χ0n) is 18.1. The van der Waals surface area contributed by atoms with Gasteiger partial charge in [0.15, 0.2) is 0 Å². The topological polar surface area (TPSA) is 92.7 Å². The van der Waals surface area contributed by atoms with Gasteiger partial charge in [-0.1, -0.05) is 63.3 Å². The van der Waals surface area contributed by atoms with Crippen LogP contribution in [0.3, 0.4) is 0 Å². The van der Waals surface area contributed by atoms with Crippen molar-refractivity contribution in [2.75, 3.05) is 6.61 Å². The van der Waals surface area contributed by atoms with Crippen molar-refractivity contribution in [3.05, 3.63) is 54.1 Å². The first-order valence-corrected chi connectivity index (χ1v) is 10.9. The molecule has 1 saturated heterocycles. The second kappa shape index (κ2) is 13.2. The van der Waals surface area contributed by atoms with Crippen molar-refractivity contribution in [1.82, 2.24) is 5.32 Å². The van der Waals surface area contributed by atoms with Crippen LogP contribution < -0.4 is 10.1 Å². The number of carbonyl (C=O) groups excluding carboxylic acids is 2. The van der Waals surface area contributed by atoms with Crippen LogP contribution in [-0.2, 0) is 9.59 Å². The second-order valence-corrected chi connectivity index (χ2v) is 7.49.